The van der Waals surface area contributed by atoms with Crippen LogP contribution in [-0.4, -0.2) is 73.8 Å². The van der Waals surface area contributed by atoms with Crippen LogP contribution < -0.4 is 0 Å². The van der Waals surface area contributed by atoms with E-state index in [0.29, 0.717) is 25.5 Å². The van der Waals surface area contributed by atoms with Crippen LogP contribution in [0, 0.1) is 0 Å². The molecule has 166 valence electrons. The Kier molecular flexibility index (Phi) is 5.60. The summed E-state index contributed by atoms with van der Waals surface area (Å²) in [5.41, 5.74) is 0.987. The highest BCUT2D eigenvalue weighted by Crippen LogP contribution is 2.30. The zero-order chi connectivity index (χ0) is 21.4. The van der Waals surface area contributed by atoms with Gasteiger partial charge in [0.15, 0.2) is 0 Å². The van der Waals surface area contributed by atoms with Crippen molar-refractivity contribution in [3.8, 4) is 0 Å². The Bertz CT molecular complexity index is 1010. The van der Waals surface area contributed by atoms with Gasteiger partial charge < -0.3 is 4.90 Å². The number of piperazine rings is 1. The second kappa shape index (κ2) is 8.39. The predicted octanol–water partition coefficient (Wildman–Crippen LogP) is 3.11. The lowest BCUT2D eigenvalue weighted by molar-refractivity contribution is 0.0833. The van der Waals surface area contributed by atoms with Crippen LogP contribution in [-0.2, 0) is 10.0 Å². The molecule has 0 bridgehead atoms. The fraction of sp³-hybridized carbons (Fsp3) is 0.522. The van der Waals surface area contributed by atoms with Crippen LogP contribution in [0.1, 0.15) is 37.2 Å². The Morgan fingerprint density at radius 3 is 2.35 bits per heavy atom. The van der Waals surface area contributed by atoms with Crippen molar-refractivity contribution in [2.24, 2.45) is 4.99 Å². The molecule has 4 aliphatic rings. The van der Waals surface area contributed by atoms with Gasteiger partial charge in [0.2, 0.25) is 5.96 Å². The van der Waals surface area contributed by atoms with Gasteiger partial charge in [-0.1, -0.05) is 24.6 Å². The molecule has 6 nitrogen and oxygen atoms in total. The zero-order valence-corrected chi connectivity index (χ0v) is 18.5. The highest BCUT2D eigenvalue weighted by Gasteiger charge is 2.36. The number of halogens is 1. The van der Waals surface area contributed by atoms with Crippen molar-refractivity contribution >= 4 is 16.0 Å². The van der Waals surface area contributed by atoms with Gasteiger partial charge in [-0.15, -0.1) is 0 Å². The minimum absolute atomic E-state index is 0.0760. The van der Waals surface area contributed by atoms with Crippen LogP contribution in [0.25, 0.3) is 0 Å². The first-order valence-electron chi connectivity index (χ1n) is 11.2. The third-order valence-electron chi connectivity index (χ3n) is 6.92. The number of guanidine groups is 1. The minimum Gasteiger partial charge on any atom is -0.339 e. The van der Waals surface area contributed by atoms with Crippen LogP contribution in [0.2, 0.25) is 0 Å². The average molecular weight is 445 g/mol. The third kappa shape index (κ3) is 4.03. The largest absolute Gasteiger partial charge is 0.339 e. The summed E-state index contributed by atoms with van der Waals surface area (Å²) >= 11 is 0. The number of benzene rings is 1. The number of sulfonamides is 1. The summed E-state index contributed by atoms with van der Waals surface area (Å²) in [5.74, 6) is 0.449. The molecule has 2 aliphatic carbocycles. The van der Waals surface area contributed by atoms with Crippen molar-refractivity contribution in [1.82, 2.24) is 14.1 Å². The lowest BCUT2D eigenvalue weighted by Gasteiger charge is -2.44. The SMILES string of the molecule is O=S(=O)(c1ccc(C2C=CC(F)=CC2)cc1)N1CCN=C1N1CCN(C2CCC2)CC1. The number of nitrogens with zero attached hydrogens (tertiary/aromatic N) is 4. The van der Waals surface area contributed by atoms with E-state index < -0.39 is 10.0 Å². The molecular weight excluding hydrogens is 415 g/mol. The van der Waals surface area contributed by atoms with Crippen LogP contribution in [0.5, 0.6) is 0 Å². The Morgan fingerprint density at radius 2 is 1.74 bits per heavy atom. The summed E-state index contributed by atoms with van der Waals surface area (Å²) in [7, 11) is -3.66. The summed E-state index contributed by atoms with van der Waals surface area (Å²) in [6.45, 7) is 4.46. The van der Waals surface area contributed by atoms with Crippen molar-refractivity contribution in [2.45, 2.75) is 42.5 Å². The molecule has 0 radical (unpaired) electrons. The second-order valence-corrected chi connectivity index (χ2v) is 10.6. The van der Waals surface area contributed by atoms with Gasteiger partial charge in [0.05, 0.1) is 18.0 Å². The first-order valence-corrected chi connectivity index (χ1v) is 12.7. The quantitative estimate of drug-likeness (QED) is 0.716. The number of hydrogen-bond acceptors (Lipinski definition) is 5. The van der Waals surface area contributed by atoms with Crippen molar-refractivity contribution < 1.29 is 12.8 Å². The lowest BCUT2D eigenvalue weighted by Crippen LogP contribution is -2.56. The fourth-order valence-corrected chi connectivity index (χ4v) is 6.24. The van der Waals surface area contributed by atoms with E-state index in [9.17, 15) is 12.8 Å². The van der Waals surface area contributed by atoms with E-state index >= 15 is 0 Å². The fourth-order valence-electron chi connectivity index (χ4n) is 4.80. The maximum absolute atomic E-state index is 13.4. The number of aliphatic imine (C=N–C) groups is 1. The second-order valence-electron chi connectivity index (χ2n) is 8.73. The monoisotopic (exact) mass is 444 g/mol. The Balaban J connectivity index is 1.27. The first-order chi connectivity index (χ1) is 15.0. The maximum atomic E-state index is 13.4. The van der Waals surface area contributed by atoms with Gasteiger partial charge in [-0.3, -0.25) is 9.89 Å². The number of hydrogen-bond donors (Lipinski definition) is 0. The van der Waals surface area contributed by atoms with E-state index in [1.807, 2.05) is 18.2 Å². The van der Waals surface area contributed by atoms with Gasteiger partial charge in [0.1, 0.15) is 5.83 Å². The van der Waals surface area contributed by atoms with E-state index in [1.165, 1.54) is 29.6 Å². The van der Waals surface area contributed by atoms with Crippen molar-refractivity contribution in [3.05, 3.63) is 53.9 Å². The first kappa shape index (κ1) is 20.7. The van der Waals surface area contributed by atoms with E-state index in [1.54, 1.807) is 18.2 Å². The van der Waals surface area contributed by atoms with Crippen LogP contribution in [0.3, 0.4) is 0 Å². The number of rotatable bonds is 4. The maximum Gasteiger partial charge on any atom is 0.266 e. The van der Waals surface area contributed by atoms with Gasteiger partial charge in [0, 0.05) is 38.1 Å². The Hall–Kier alpha value is -2.19. The molecule has 5 rings (SSSR count). The van der Waals surface area contributed by atoms with Crippen molar-refractivity contribution in [2.75, 3.05) is 39.3 Å². The van der Waals surface area contributed by atoms with Crippen LogP contribution in [0.15, 0.2) is 58.2 Å². The van der Waals surface area contributed by atoms with E-state index in [-0.39, 0.29) is 16.6 Å². The molecule has 1 saturated carbocycles. The molecule has 8 heteroatoms. The third-order valence-corrected chi connectivity index (χ3v) is 8.71. The molecule has 0 N–H and O–H groups in total. The highest BCUT2D eigenvalue weighted by molar-refractivity contribution is 7.89. The van der Waals surface area contributed by atoms with Gasteiger partial charge in [-0.25, -0.2) is 17.1 Å². The van der Waals surface area contributed by atoms with E-state index in [2.05, 4.69) is 14.8 Å². The molecule has 0 spiro atoms. The molecule has 1 atom stereocenters. The summed E-state index contributed by atoms with van der Waals surface area (Å²) in [4.78, 5) is 9.49. The average Bonchev–Trinajstić information content (AvgIpc) is 3.25. The normalized spacial score (nSPS) is 25.4. The summed E-state index contributed by atoms with van der Waals surface area (Å²) in [6, 6.07) is 7.72. The Morgan fingerprint density at radius 1 is 1.00 bits per heavy atom. The molecular formula is C23H29FN4O2S. The van der Waals surface area contributed by atoms with Crippen molar-refractivity contribution in [3.63, 3.8) is 0 Å². The van der Waals surface area contributed by atoms with Gasteiger partial charge >= 0.3 is 0 Å². The molecule has 2 aliphatic heterocycles. The molecule has 0 aromatic heterocycles. The zero-order valence-electron chi connectivity index (χ0n) is 17.7. The van der Waals surface area contributed by atoms with Crippen LogP contribution in [0.4, 0.5) is 4.39 Å². The molecule has 2 fully saturated rings. The molecule has 31 heavy (non-hydrogen) atoms. The predicted molar refractivity (Wildman–Crippen MR) is 119 cm³/mol. The van der Waals surface area contributed by atoms with E-state index in [0.717, 1.165) is 37.8 Å². The van der Waals surface area contributed by atoms with Crippen molar-refractivity contribution in [1.29, 1.82) is 0 Å². The minimum atomic E-state index is -3.66. The number of allylic oxidation sites excluding steroid dienone is 4. The molecule has 1 saturated heterocycles. The molecule has 2 heterocycles. The lowest BCUT2D eigenvalue weighted by atomic mass is 9.91. The molecule has 1 aromatic carbocycles. The van der Waals surface area contributed by atoms with Gasteiger partial charge in [0.25, 0.3) is 10.0 Å². The standard InChI is InChI=1S/C23H29FN4O2S/c24-20-8-4-18(5-9-20)19-6-10-22(11-7-19)31(29,30)28-13-12-25-23(28)27-16-14-26(15-17-27)21-2-1-3-21/h4,6-11,18,21H,1-3,5,12-17H2. The summed E-state index contributed by atoms with van der Waals surface area (Å²) in [5, 5.41) is 0. The highest BCUT2D eigenvalue weighted by atomic mass is 32.2. The van der Waals surface area contributed by atoms with E-state index in [4.69, 9.17) is 0 Å². The smallest absolute Gasteiger partial charge is 0.266 e. The topological polar surface area (TPSA) is 56.2 Å². The molecule has 0 amide bonds. The Labute approximate surface area is 183 Å². The van der Waals surface area contributed by atoms with Crippen LogP contribution >= 0.6 is 0 Å². The summed E-state index contributed by atoms with van der Waals surface area (Å²) < 4.78 is 41.4. The molecule has 1 aromatic rings. The van der Waals surface area contributed by atoms with Gasteiger partial charge in [-0.2, -0.15) is 0 Å². The summed E-state index contributed by atoms with van der Waals surface area (Å²) in [6.07, 6.45) is 9.35. The van der Waals surface area contributed by atoms with Gasteiger partial charge in [-0.05, 0) is 49.1 Å². The molecule has 1 unspecified atom stereocenters.